The summed E-state index contributed by atoms with van der Waals surface area (Å²) in [5, 5.41) is 0.451. The van der Waals surface area contributed by atoms with E-state index in [0.717, 1.165) is 25.1 Å². The fourth-order valence-corrected chi connectivity index (χ4v) is 1.32. The Hall–Kier alpha value is -0.830. The largest absolute Gasteiger partial charge is 0.475 e. The number of rotatable bonds is 5. The number of halogens is 1. The summed E-state index contributed by atoms with van der Waals surface area (Å²) in [5.74, 6) is 1.33. The predicted octanol–water partition coefficient (Wildman–Crippen LogP) is 3.26. The molecule has 0 aromatic carbocycles. The van der Waals surface area contributed by atoms with E-state index in [2.05, 4.69) is 23.8 Å². The van der Waals surface area contributed by atoms with Crippen molar-refractivity contribution in [1.82, 2.24) is 9.97 Å². The van der Waals surface area contributed by atoms with Gasteiger partial charge in [-0.3, -0.25) is 0 Å². The standard InChI is InChI=1S/C11H17ClN2O/c1-4-6-10-13-9(12)7-11(14-10)15-8(3)5-2/h7-8H,4-6H2,1-3H3. The minimum Gasteiger partial charge on any atom is -0.475 e. The van der Waals surface area contributed by atoms with E-state index in [0.29, 0.717) is 11.0 Å². The van der Waals surface area contributed by atoms with E-state index in [1.165, 1.54) is 0 Å². The highest BCUT2D eigenvalue weighted by Gasteiger charge is 2.06. The minimum atomic E-state index is 0.158. The van der Waals surface area contributed by atoms with Crippen LogP contribution in [0.3, 0.4) is 0 Å². The van der Waals surface area contributed by atoms with Crippen LogP contribution in [0.2, 0.25) is 5.15 Å². The summed E-state index contributed by atoms with van der Waals surface area (Å²) < 4.78 is 5.60. The van der Waals surface area contributed by atoms with Crippen LogP contribution in [0.15, 0.2) is 6.07 Å². The van der Waals surface area contributed by atoms with Crippen LogP contribution in [0, 0.1) is 0 Å². The third kappa shape index (κ3) is 4.04. The molecule has 1 unspecified atom stereocenters. The van der Waals surface area contributed by atoms with Crippen molar-refractivity contribution in [3.05, 3.63) is 17.0 Å². The van der Waals surface area contributed by atoms with E-state index >= 15 is 0 Å². The second-order valence-corrected chi connectivity index (χ2v) is 3.92. The number of nitrogens with zero attached hydrogens (tertiary/aromatic N) is 2. The van der Waals surface area contributed by atoms with E-state index in [-0.39, 0.29) is 6.10 Å². The summed E-state index contributed by atoms with van der Waals surface area (Å²) in [4.78, 5) is 8.42. The third-order valence-electron chi connectivity index (χ3n) is 2.09. The average Bonchev–Trinajstić information content (AvgIpc) is 2.17. The molecule has 0 aliphatic rings. The normalized spacial score (nSPS) is 12.5. The van der Waals surface area contributed by atoms with E-state index < -0.39 is 0 Å². The Morgan fingerprint density at radius 1 is 1.40 bits per heavy atom. The number of hydrogen-bond acceptors (Lipinski definition) is 3. The highest BCUT2D eigenvalue weighted by molar-refractivity contribution is 6.29. The molecule has 84 valence electrons. The molecule has 0 saturated heterocycles. The first-order valence-corrected chi connectivity index (χ1v) is 5.73. The van der Waals surface area contributed by atoms with Crippen LogP contribution in [-0.4, -0.2) is 16.1 Å². The molecule has 0 aliphatic heterocycles. The number of aromatic nitrogens is 2. The van der Waals surface area contributed by atoms with Gasteiger partial charge in [-0.2, -0.15) is 4.98 Å². The van der Waals surface area contributed by atoms with Gasteiger partial charge in [-0.25, -0.2) is 4.98 Å². The van der Waals surface area contributed by atoms with Gasteiger partial charge in [-0.05, 0) is 19.8 Å². The topological polar surface area (TPSA) is 35.0 Å². The van der Waals surface area contributed by atoms with Crippen molar-refractivity contribution in [2.75, 3.05) is 0 Å². The van der Waals surface area contributed by atoms with E-state index in [1.54, 1.807) is 6.07 Å². The summed E-state index contributed by atoms with van der Waals surface area (Å²) in [7, 11) is 0. The monoisotopic (exact) mass is 228 g/mol. The van der Waals surface area contributed by atoms with Crippen molar-refractivity contribution in [2.45, 2.75) is 46.1 Å². The van der Waals surface area contributed by atoms with Crippen molar-refractivity contribution in [3.8, 4) is 5.88 Å². The highest BCUT2D eigenvalue weighted by atomic mass is 35.5. The zero-order valence-electron chi connectivity index (χ0n) is 9.46. The molecule has 0 spiro atoms. The first-order chi connectivity index (χ1) is 7.15. The maximum absolute atomic E-state index is 5.88. The molecule has 0 aliphatic carbocycles. The number of aryl methyl sites for hydroxylation is 1. The summed E-state index contributed by atoms with van der Waals surface area (Å²) in [6.45, 7) is 6.16. The van der Waals surface area contributed by atoms with E-state index in [4.69, 9.17) is 16.3 Å². The lowest BCUT2D eigenvalue weighted by Crippen LogP contribution is -2.11. The first kappa shape index (κ1) is 12.2. The molecule has 0 amide bonds. The summed E-state index contributed by atoms with van der Waals surface area (Å²) in [6.07, 6.45) is 2.94. The van der Waals surface area contributed by atoms with Gasteiger partial charge in [0.2, 0.25) is 5.88 Å². The molecule has 3 nitrogen and oxygen atoms in total. The van der Waals surface area contributed by atoms with Gasteiger partial charge in [0.25, 0.3) is 0 Å². The Balaban J connectivity index is 2.78. The molecule has 0 fully saturated rings. The van der Waals surface area contributed by atoms with Crippen LogP contribution >= 0.6 is 11.6 Å². The van der Waals surface area contributed by atoms with Gasteiger partial charge in [0.1, 0.15) is 11.0 Å². The fraction of sp³-hybridized carbons (Fsp3) is 0.636. The van der Waals surface area contributed by atoms with Crippen LogP contribution in [0.1, 0.15) is 39.4 Å². The van der Waals surface area contributed by atoms with Crippen LogP contribution < -0.4 is 4.74 Å². The molecule has 1 heterocycles. The van der Waals surface area contributed by atoms with Gasteiger partial charge in [0, 0.05) is 12.5 Å². The van der Waals surface area contributed by atoms with Gasteiger partial charge in [0.05, 0.1) is 6.10 Å². The predicted molar refractivity (Wildman–Crippen MR) is 61.4 cm³/mol. The first-order valence-electron chi connectivity index (χ1n) is 5.35. The summed E-state index contributed by atoms with van der Waals surface area (Å²) in [6, 6.07) is 1.66. The lowest BCUT2D eigenvalue weighted by molar-refractivity contribution is 0.207. The van der Waals surface area contributed by atoms with Crippen molar-refractivity contribution >= 4 is 11.6 Å². The average molecular weight is 229 g/mol. The summed E-state index contributed by atoms with van der Waals surface area (Å²) in [5.41, 5.74) is 0. The second-order valence-electron chi connectivity index (χ2n) is 3.53. The van der Waals surface area contributed by atoms with E-state index in [1.807, 2.05) is 6.92 Å². The maximum atomic E-state index is 5.88. The number of hydrogen-bond donors (Lipinski definition) is 0. The van der Waals surface area contributed by atoms with Gasteiger partial charge < -0.3 is 4.74 Å². The van der Waals surface area contributed by atoms with Gasteiger partial charge in [-0.1, -0.05) is 25.4 Å². The highest BCUT2D eigenvalue weighted by Crippen LogP contribution is 2.16. The molecule has 1 atom stereocenters. The molecule has 0 radical (unpaired) electrons. The molecule has 1 rings (SSSR count). The molecule has 1 aromatic rings. The van der Waals surface area contributed by atoms with Crippen molar-refractivity contribution < 1.29 is 4.74 Å². The second kappa shape index (κ2) is 5.91. The third-order valence-corrected chi connectivity index (χ3v) is 2.28. The van der Waals surface area contributed by atoms with Gasteiger partial charge in [0.15, 0.2) is 0 Å². The van der Waals surface area contributed by atoms with Crippen LogP contribution in [0.5, 0.6) is 5.88 Å². The molecule has 0 bridgehead atoms. The Morgan fingerprint density at radius 3 is 2.73 bits per heavy atom. The quantitative estimate of drug-likeness (QED) is 0.726. The van der Waals surface area contributed by atoms with Gasteiger partial charge >= 0.3 is 0 Å². The zero-order valence-corrected chi connectivity index (χ0v) is 10.2. The maximum Gasteiger partial charge on any atom is 0.218 e. The lowest BCUT2D eigenvalue weighted by atomic mass is 10.3. The van der Waals surface area contributed by atoms with Crippen molar-refractivity contribution in [3.63, 3.8) is 0 Å². The van der Waals surface area contributed by atoms with E-state index in [9.17, 15) is 0 Å². The smallest absolute Gasteiger partial charge is 0.218 e. The Labute approximate surface area is 95.8 Å². The minimum absolute atomic E-state index is 0.158. The molecule has 0 N–H and O–H groups in total. The molecular weight excluding hydrogens is 212 g/mol. The van der Waals surface area contributed by atoms with Crippen LogP contribution in [0.4, 0.5) is 0 Å². The fourth-order valence-electron chi connectivity index (χ4n) is 1.13. The lowest BCUT2D eigenvalue weighted by Gasteiger charge is -2.12. The molecule has 0 saturated carbocycles. The van der Waals surface area contributed by atoms with Crippen LogP contribution in [0.25, 0.3) is 0 Å². The van der Waals surface area contributed by atoms with Crippen molar-refractivity contribution in [2.24, 2.45) is 0 Å². The number of ether oxygens (including phenoxy) is 1. The van der Waals surface area contributed by atoms with Crippen molar-refractivity contribution in [1.29, 1.82) is 0 Å². The Kier molecular flexibility index (Phi) is 4.82. The molecule has 1 aromatic heterocycles. The Bertz CT molecular complexity index is 317. The summed E-state index contributed by atoms with van der Waals surface area (Å²) >= 11 is 5.88. The molecule has 15 heavy (non-hydrogen) atoms. The molecule has 4 heteroatoms. The SMILES string of the molecule is CCCc1nc(Cl)cc(OC(C)CC)n1. The zero-order chi connectivity index (χ0) is 11.3. The molecular formula is C11H17ClN2O. The van der Waals surface area contributed by atoms with Gasteiger partial charge in [-0.15, -0.1) is 0 Å². The van der Waals surface area contributed by atoms with Crippen LogP contribution in [-0.2, 0) is 6.42 Å². The Morgan fingerprint density at radius 2 is 2.13 bits per heavy atom.